The van der Waals surface area contributed by atoms with Crippen molar-refractivity contribution in [1.82, 2.24) is 5.32 Å². The van der Waals surface area contributed by atoms with E-state index in [1.807, 2.05) is 39.0 Å². The Labute approximate surface area is 135 Å². The van der Waals surface area contributed by atoms with E-state index in [2.05, 4.69) is 10.6 Å². The van der Waals surface area contributed by atoms with Crippen LogP contribution in [0.15, 0.2) is 18.2 Å². The first-order valence-corrected chi connectivity index (χ1v) is 7.74. The Balaban J connectivity index is 1.93. The zero-order valence-corrected chi connectivity index (χ0v) is 13.6. The second-order valence-electron chi connectivity index (χ2n) is 6.01. The molecule has 1 aromatic carbocycles. The number of para-hydroxylation sites is 1. The van der Waals surface area contributed by atoms with Gasteiger partial charge in [-0.3, -0.25) is 9.59 Å². The van der Waals surface area contributed by atoms with Crippen molar-refractivity contribution in [1.29, 1.82) is 0 Å². The minimum absolute atomic E-state index is 0.169. The molecule has 0 radical (unpaired) electrons. The van der Waals surface area contributed by atoms with E-state index in [4.69, 9.17) is 4.74 Å². The zero-order valence-electron chi connectivity index (χ0n) is 13.6. The molecule has 0 bridgehead atoms. The van der Waals surface area contributed by atoms with Crippen molar-refractivity contribution in [2.75, 3.05) is 11.9 Å². The molecule has 2 rings (SSSR count). The average Bonchev–Trinajstić information content (AvgIpc) is 2.93. The largest absolute Gasteiger partial charge is 0.454 e. The normalized spacial score (nSPS) is 17.0. The molecular formula is C17H22N2O4. The molecule has 1 atom stereocenters. The summed E-state index contributed by atoms with van der Waals surface area (Å²) in [6.07, 6.45) is 0.724. The van der Waals surface area contributed by atoms with E-state index < -0.39 is 12.0 Å². The van der Waals surface area contributed by atoms with Gasteiger partial charge < -0.3 is 15.4 Å². The molecule has 0 unspecified atom stereocenters. The Hall–Kier alpha value is -2.37. The number of hydrogen-bond acceptors (Lipinski definition) is 4. The second kappa shape index (κ2) is 7.26. The smallest absolute Gasteiger partial charge is 0.329 e. The van der Waals surface area contributed by atoms with Gasteiger partial charge in [0.05, 0.1) is 0 Å². The molecule has 1 aliphatic rings. The molecule has 1 fully saturated rings. The van der Waals surface area contributed by atoms with E-state index in [1.165, 1.54) is 0 Å². The first kappa shape index (κ1) is 17.0. The summed E-state index contributed by atoms with van der Waals surface area (Å²) < 4.78 is 4.98. The van der Waals surface area contributed by atoms with Crippen molar-refractivity contribution in [3.05, 3.63) is 29.3 Å². The maximum atomic E-state index is 12.0. The summed E-state index contributed by atoms with van der Waals surface area (Å²) in [5, 5.41) is 5.33. The predicted molar refractivity (Wildman–Crippen MR) is 86.0 cm³/mol. The van der Waals surface area contributed by atoms with E-state index in [0.717, 1.165) is 16.8 Å². The van der Waals surface area contributed by atoms with Gasteiger partial charge >= 0.3 is 5.97 Å². The standard InChI is InChI=1S/C17H22N2O4/c1-10(2)12-6-4-5-11(3)16(12)19-15(21)9-23-17(22)13-7-8-14(20)18-13/h4-6,10,13H,7-9H2,1-3H3,(H,18,20)(H,19,21)/t13-/m1/s1. The third kappa shape index (κ3) is 4.31. The third-order valence-electron chi connectivity index (χ3n) is 3.82. The molecule has 1 heterocycles. The minimum Gasteiger partial charge on any atom is -0.454 e. The summed E-state index contributed by atoms with van der Waals surface area (Å²) in [4.78, 5) is 34.9. The van der Waals surface area contributed by atoms with Crippen LogP contribution in [0, 0.1) is 6.92 Å². The Morgan fingerprint density at radius 1 is 1.39 bits per heavy atom. The summed E-state index contributed by atoms with van der Waals surface area (Å²) in [5.74, 6) is -0.863. The van der Waals surface area contributed by atoms with Crippen molar-refractivity contribution < 1.29 is 19.1 Å². The highest BCUT2D eigenvalue weighted by molar-refractivity contribution is 5.95. The number of esters is 1. The third-order valence-corrected chi connectivity index (χ3v) is 3.82. The molecule has 0 aromatic heterocycles. The predicted octanol–water partition coefficient (Wildman–Crippen LogP) is 1.88. The first-order chi connectivity index (χ1) is 10.9. The van der Waals surface area contributed by atoms with Crippen LogP contribution < -0.4 is 10.6 Å². The van der Waals surface area contributed by atoms with Gasteiger partial charge in [-0.05, 0) is 30.4 Å². The average molecular weight is 318 g/mol. The summed E-state index contributed by atoms with van der Waals surface area (Å²) in [7, 11) is 0. The lowest BCUT2D eigenvalue weighted by molar-refractivity contribution is -0.149. The number of amides is 2. The van der Waals surface area contributed by atoms with E-state index in [9.17, 15) is 14.4 Å². The van der Waals surface area contributed by atoms with Crippen molar-refractivity contribution in [2.45, 2.75) is 45.6 Å². The van der Waals surface area contributed by atoms with Crippen LogP contribution >= 0.6 is 0 Å². The van der Waals surface area contributed by atoms with E-state index in [0.29, 0.717) is 12.8 Å². The summed E-state index contributed by atoms with van der Waals surface area (Å²) in [6, 6.07) is 5.19. The molecule has 2 amide bonds. The van der Waals surface area contributed by atoms with Gasteiger partial charge in [-0.1, -0.05) is 32.0 Å². The summed E-state index contributed by atoms with van der Waals surface area (Å²) in [6.45, 7) is 5.65. The summed E-state index contributed by atoms with van der Waals surface area (Å²) in [5.41, 5.74) is 2.75. The van der Waals surface area contributed by atoms with Gasteiger partial charge in [0.1, 0.15) is 6.04 Å². The number of hydrogen-bond donors (Lipinski definition) is 2. The highest BCUT2D eigenvalue weighted by Gasteiger charge is 2.28. The van der Waals surface area contributed by atoms with Crippen molar-refractivity contribution in [3.63, 3.8) is 0 Å². The maximum Gasteiger partial charge on any atom is 0.329 e. The highest BCUT2D eigenvalue weighted by Crippen LogP contribution is 2.27. The molecule has 0 aliphatic carbocycles. The zero-order chi connectivity index (χ0) is 17.0. The number of carbonyl (C=O) groups excluding carboxylic acids is 3. The van der Waals surface area contributed by atoms with E-state index >= 15 is 0 Å². The Morgan fingerprint density at radius 3 is 2.74 bits per heavy atom. The Bertz CT molecular complexity index is 625. The topological polar surface area (TPSA) is 84.5 Å². The molecule has 23 heavy (non-hydrogen) atoms. The van der Waals surface area contributed by atoms with Gasteiger partial charge in [-0.2, -0.15) is 0 Å². The van der Waals surface area contributed by atoms with Gasteiger partial charge in [0.2, 0.25) is 5.91 Å². The highest BCUT2D eigenvalue weighted by atomic mass is 16.5. The molecule has 0 saturated carbocycles. The molecule has 6 nitrogen and oxygen atoms in total. The van der Waals surface area contributed by atoms with Crippen LogP contribution in [0.25, 0.3) is 0 Å². The van der Waals surface area contributed by atoms with Crippen LogP contribution in [0.2, 0.25) is 0 Å². The van der Waals surface area contributed by atoms with Crippen molar-refractivity contribution in [2.24, 2.45) is 0 Å². The fraction of sp³-hybridized carbons (Fsp3) is 0.471. The SMILES string of the molecule is Cc1cccc(C(C)C)c1NC(=O)COC(=O)[C@H]1CCC(=O)N1. The molecule has 0 spiro atoms. The second-order valence-corrected chi connectivity index (χ2v) is 6.01. The molecule has 1 aliphatic heterocycles. The lowest BCUT2D eigenvalue weighted by Crippen LogP contribution is -2.36. The van der Waals surface area contributed by atoms with Crippen LogP contribution in [0.3, 0.4) is 0 Å². The molecule has 124 valence electrons. The molecule has 6 heteroatoms. The molecule has 1 aromatic rings. The maximum absolute atomic E-state index is 12.0. The Morgan fingerprint density at radius 2 is 2.13 bits per heavy atom. The van der Waals surface area contributed by atoms with Gasteiger partial charge in [0, 0.05) is 12.1 Å². The van der Waals surface area contributed by atoms with Gasteiger partial charge in [-0.15, -0.1) is 0 Å². The van der Waals surface area contributed by atoms with Crippen LogP contribution in [0.1, 0.15) is 43.7 Å². The number of rotatable bonds is 5. The van der Waals surface area contributed by atoms with Crippen LogP contribution in [-0.2, 0) is 19.1 Å². The van der Waals surface area contributed by atoms with Crippen LogP contribution in [0.5, 0.6) is 0 Å². The number of aryl methyl sites for hydroxylation is 1. The monoisotopic (exact) mass is 318 g/mol. The first-order valence-electron chi connectivity index (χ1n) is 7.74. The van der Waals surface area contributed by atoms with Gasteiger partial charge in [0.25, 0.3) is 5.91 Å². The minimum atomic E-state index is -0.639. The molecule has 1 saturated heterocycles. The fourth-order valence-corrected chi connectivity index (χ4v) is 2.55. The lowest BCUT2D eigenvalue weighted by Gasteiger charge is -2.16. The molecular weight excluding hydrogens is 296 g/mol. The quantitative estimate of drug-likeness (QED) is 0.812. The molecule has 2 N–H and O–H groups in total. The number of nitrogens with one attached hydrogen (secondary N) is 2. The van der Waals surface area contributed by atoms with Gasteiger partial charge in [-0.25, -0.2) is 4.79 Å². The van der Waals surface area contributed by atoms with Crippen molar-refractivity contribution in [3.8, 4) is 0 Å². The number of benzene rings is 1. The van der Waals surface area contributed by atoms with E-state index in [-0.39, 0.29) is 24.3 Å². The van der Waals surface area contributed by atoms with Gasteiger partial charge in [0.15, 0.2) is 6.61 Å². The van der Waals surface area contributed by atoms with E-state index in [1.54, 1.807) is 0 Å². The summed E-state index contributed by atoms with van der Waals surface area (Å²) >= 11 is 0. The van der Waals surface area contributed by atoms with Crippen molar-refractivity contribution >= 4 is 23.5 Å². The fourth-order valence-electron chi connectivity index (χ4n) is 2.55. The number of ether oxygens (including phenoxy) is 1. The number of carbonyl (C=O) groups is 3. The van der Waals surface area contributed by atoms with Crippen LogP contribution in [-0.4, -0.2) is 30.4 Å². The lowest BCUT2D eigenvalue weighted by atomic mass is 9.98. The number of anilines is 1. The Kier molecular flexibility index (Phi) is 5.36. The van der Waals surface area contributed by atoms with Crippen LogP contribution in [0.4, 0.5) is 5.69 Å².